The van der Waals surface area contributed by atoms with E-state index in [1.807, 2.05) is 6.07 Å². The summed E-state index contributed by atoms with van der Waals surface area (Å²) >= 11 is 0. The smallest absolute Gasteiger partial charge is 0.407 e. The van der Waals surface area contributed by atoms with Gasteiger partial charge >= 0.3 is 6.09 Å². The van der Waals surface area contributed by atoms with Crippen LogP contribution >= 0.6 is 0 Å². The molecule has 0 spiro atoms. The number of nitrogens with zero attached hydrogens (tertiary/aromatic N) is 2. The summed E-state index contributed by atoms with van der Waals surface area (Å²) in [7, 11) is 1.28. The highest BCUT2D eigenvalue weighted by molar-refractivity contribution is 6.03. The van der Waals surface area contributed by atoms with Crippen LogP contribution in [0.15, 0.2) is 42.7 Å². The molecule has 2 amide bonds. The average Bonchev–Trinajstić information content (AvgIpc) is 2.86. The summed E-state index contributed by atoms with van der Waals surface area (Å²) in [4.78, 5) is 33.7. The molecule has 3 heterocycles. The molecule has 0 radical (unpaired) electrons. The molecule has 1 aliphatic heterocycles. The van der Waals surface area contributed by atoms with Crippen molar-refractivity contribution in [1.82, 2.24) is 15.3 Å². The topological polar surface area (TPSA) is 119 Å². The van der Waals surface area contributed by atoms with E-state index in [9.17, 15) is 9.59 Å². The zero-order valence-corrected chi connectivity index (χ0v) is 20.4. The highest BCUT2D eigenvalue weighted by Crippen LogP contribution is 2.42. The second kappa shape index (κ2) is 9.85. The number of amides is 2. The Balaban J connectivity index is 1.72. The zero-order valence-electron chi connectivity index (χ0n) is 20.4. The molecule has 4 bridgehead atoms. The van der Waals surface area contributed by atoms with Crippen molar-refractivity contribution in [3.05, 3.63) is 76.7 Å². The van der Waals surface area contributed by atoms with Gasteiger partial charge in [0.2, 0.25) is 0 Å². The molecule has 37 heavy (non-hydrogen) atoms. The van der Waals surface area contributed by atoms with Crippen molar-refractivity contribution in [3.8, 4) is 11.3 Å². The Morgan fingerprint density at radius 3 is 2.78 bits per heavy atom. The molecule has 1 aromatic carbocycles. The number of hydrogen-bond donors (Lipinski definition) is 3. The first-order chi connectivity index (χ1) is 17.7. The Hall–Kier alpha value is -3.92. The molecule has 4 unspecified atom stereocenters. The second-order valence-electron chi connectivity index (χ2n) is 9.68. The van der Waals surface area contributed by atoms with E-state index in [4.69, 9.17) is 10.5 Å². The molecule has 1 fully saturated rings. The predicted octanol–water partition coefficient (Wildman–Crippen LogP) is 4.08. The van der Waals surface area contributed by atoms with E-state index in [1.54, 1.807) is 25.4 Å². The first-order valence-electron chi connectivity index (χ1n) is 12.1. The van der Waals surface area contributed by atoms with Gasteiger partial charge in [-0.15, -0.1) is 0 Å². The summed E-state index contributed by atoms with van der Waals surface area (Å²) in [6.07, 6.45) is 3.96. The zero-order chi connectivity index (χ0) is 26.3. The van der Waals surface area contributed by atoms with Gasteiger partial charge in [-0.1, -0.05) is 6.07 Å². The molecule has 8 nitrogen and oxygen atoms in total. The Kier molecular flexibility index (Phi) is 6.59. The summed E-state index contributed by atoms with van der Waals surface area (Å²) in [5.74, 6) is -2.29. The molecule has 2 aliphatic rings. The van der Waals surface area contributed by atoms with Crippen LogP contribution in [-0.2, 0) is 11.2 Å². The minimum Gasteiger partial charge on any atom is -0.453 e. The predicted molar refractivity (Wildman–Crippen MR) is 133 cm³/mol. The lowest BCUT2D eigenvalue weighted by atomic mass is 9.70. The number of aryl methyl sites for hydroxylation is 1. The van der Waals surface area contributed by atoms with Crippen LogP contribution in [0.1, 0.15) is 45.9 Å². The highest BCUT2D eigenvalue weighted by atomic mass is 19.1. The molecule has 0 saturated heterocycles. The molecule has 5 rings (SSSR count). The van der Waals surface area contributed by atoms with Crippen LogP contribution in [0.5, 0.6) is 0 Å². The quantitative estimate of drug-likeness (QED) is 0.457. The number of hydrogen-bond acceptors (Lipinski definition) is 6. The average molecular weight is 508 g/mol. The van der Waals surface area contributed by atoms with Crippen molar-refractivity contribution in [1.29, 1.82) is 0 Å². The van der Waals surface area contributed by atoms with E-state index >= 15 is 8.78 Å². The Bertz CT molecular complexity index is 1380. The molecule has 192 valence electrons. The normalized spacial score (nSPS) is 22.8. The lowest BCUT2D eigenvalue weighted by Gasteiger charge is -2.41. The van der Waals surface area contributed by atoms with Gasteiger partial charge in [0, 0.05) is 17.8 Å². The van der Waals surface area contributed by atoms with E-state index in [-0.39, 0.29) is 28.8 Å². The largest absolute Gasteiger partial charge is 0.453 e. The third-order valence-corrected chi connectivity index (χ3v) is 7.24. The van der Waals surface area contributed by atoms with Crippen molar-refractivity contribution in [2.45, 2.75) is 44.2 Å². The number of benzene rings is 1. The van der Waals surface area contributed by atoms with Crippen LogP contribution < -0.4 is 16.4 Å². The summed E-state index contributed by atoms with van der Waals surface area (Å²) in [6.45, 7) is 1.75. The third kappa shape index (κ3) is 4.76. The number of methoxy groups -OCH3 is 1. The maximum atomic E-state index is 15.5. The first kappa shape index (κ1) is 24.8. The Morgan fingerprint density at radius 1 is 1.19 bits per heavy atom. The fraction of sp³-hybridized carbons (Fsp3) is 0.333. The Labute approximate surface area is 212 Å². The van der Waals surface area contributed by atoms with Crippen molar-refractivity contribution < 1.29 is 23.1 Å². The van der Waals surface area contributed by atoms with Crippen LogP contribution in [0.3, 0.4) is 0 Å². The number of pyridine rings is 2. The summed E-state index contributed by atoms with van der Waals surface area (Å²) in [6, 6.07) is 6.37. The molecular weight excluding hydrogens is 480 g/mol. The monoisotopic (exact) mass is 507 g/mol. The number of alkyl carbamates (subject to hydrolysis) is 1. The fourth-order valence-electron chi connectivity index (χ4n) is 5.64. The van der Waals surface area contributed by atoms with Crippen LogP contribution in [0.2, 0.25) is 0 Å². The number of fused-ring (bicyclic) bond motifs is 8. The SMILES string of the molecule is COC(=O)NC1C(N)CC2CC1Cc1cc(C)cc(F)c1-c1nc(ccc1F)C(=O)Nc1cnccc12. The minimum atomic E-state index is -0.750. The summed E-state index contributed by atoms with van der Waals surface area (Å²) in [5, 5.41) is 5.69. The van der Waals surface area contributed by atoms with Gasteiger partial charge in [-0.2, -0.15) is 0 Å². The number of aromatic nitrogens is 2. The van der Waals surface area contributed by atoms with E-state index < -0.39 is 35.7 Å². The third-order valence-electron chi connectivity index (χ3n) is 7.24. The molecule has 1 saturated carbocycles. The van der Waals surface area contributed by atoms with E-state index in [2.05, 4.69) is 20.6 Å². The molecule has 2 aromatic heterocycles. The minimum absolute atomic E-state index is 0.0105. The van der Waals surface area contributed by atoms with Gasteiger partial charge in [-0.25, -0.2) is 18.6 Å². The summed E-state index contributed by atoms with van der Waals surface area (Å²) < 4.78 is 35.4. The van der Waals surface area contributed by atoms with Crippen molar-refractivity contribution in [2.75, 3.05) is 12.4 Å². The van der Waals surface area contributed by atoms with Crippen molar-refractivity contribution in [3.63, 3.8) is 0 Å². The molecular formula is C27H27F2N5O3. The number of ether oxygens (including phenoxy) is 1. The van der Waals surface area contributed by atoms with E-state index in [0.29, 0.717) is 36.1 Å². The lowest BCUT2D eigenvalue weighted by Crippen LogP contribution is -2.55. The van der Waals surface area contributed by atoms with Gasteiger partial charge in [0.1, 0.15) is 23.0 Å². The standard InChI is InChI=1S/C27H27F2N5O3/c1-13-7-15-10-16-9-14(11-20(30)24(16)34-27(36)37-2)17-5-6-31-12-22(17)33-26(35)21-4-3-18(28)25(32-21)23(15)19(29)8-13/h3-8,12,14,16,20,24H,9-11,30H2,1-2H3,(H,33,35)(H,34,36). The molecule has 10 heteroatoms. The number of rotatable bonds is 1. The maximum absolute atomic E-state index is 15.5. The number of carbonyl (C=O) groups excluding carboxylic acids is 2. The number of halogens is 2. The van der Waals surface area contributed by atoms with Gasteiger partial charge in [0.25, 0.3) is 5.91 Å². The molecule has 4 atom stereocenters. The number of carbonyl (C=O) groups is 2. The van der Waals surface area contributed by atoms with E-state index in [0.717, 1.165) is 11.6 Å². The number of nitrogens with one attached hydrogen (secondary N) is 2. The fourth-order valence-corrected chi connectivity index (χ4v) is 5.64. The lowest BCUT2D eigenvalue weighted by molar-refractivity contribution is 0.102. The number of nitrogens with two attached hydrogens (primary N) is 1. The van der Waals surface area contributed by atoms with Crippen LogP contribution in [0, 0.1) is 24.5 Å². The van der Waals surface area contributed by atoms with Crippen molar-refractivity contribution in [2.24, 2.45) is 11.7 Å². The first-order valence-corrected chi connectivity index (χ1v) is 12.1. The molecule has 4 N–H and O–H groups in total. The number of anilines is 1. The van der Waals surface area contributed by atoms with Crippen molar-refractivity contribution >= 4 is 17.7 Å². The highest BCUT2D eigenvalue weighted by Gasteiger charge is 2.39. The molecule has 3 aromatic rings. The summed E-state index contributed by atoms with van der Waals surface area (Å²) in [5.41, 5.74) is 8.80. The molecule has 1 aliphatic carbocycles. The van der Waals surface area contributed by atoms with Crippen LogP contribution in [0.4, 0.5) is 19.3 Å². The van der Waals surface area contributed by atoms with Gasteiger partial charge in [0.15, 0.2) is 0 Å². The van der Waals surface area contributed by atoms with Gasteiger partial charge in [-0.3, -0.25) is 9.78 Å². The van der Waals surface area contributed by atoms with Gasteiger partial charge in [0.05, 0.1) is 25.0 Å². The second-order valence-corrected chi connectivity index (χ2v) is 9.68. The van der Waals surface area contributed by atoms with Gasteiger partial charge in [-0.05, 0) is 79.0 Å². The Morgan fingerprint density at radius 2 is 2.00 bits per heavy atom. The van der Waals surface area contributed by atoms with Gasteiger partial charge < -0.3 is 21.1 Å². The van der Waals surface area contributed by atoms with Crippen LogP contribution in [0.25, 0.3) is 11.3 Å². The van der Waals surface area contributed by atoms with E-state index in [1.165, 1.54) is 19.2 Å². The van der Waals surface area contributed by atoms with Crippen LogP contribution in [-0.4, -0.2) is 41.2 Å². The maximum Gasteiger partial charge on any atom is 0.407 e.